The molecule has 7 heteroatoms. The van der Waals surface area contributed by atoms with Crippen molar-refractivity contribution in [2.45, 2.75) is 19.8 Å². The number of rotatable bonds is 6. The minimum Gasteiger partial charge on any atom is -0.324 e. The Labute approximate surface area is 156 Å². The first-order valence-electron chi connectivity index (χ1n) is 7.52. The fourth-order valence-corrected chi connectivity index (χ4v) is 2.75. The third kappa shape index (κ3) is 7.27. The normalized spacial score (nSPS) is 14.3. The Kier molecular flexibility index (Phi) is 10.9. The van der Waals surface area contributed by atoms with Gasteiger partial charge in [-0.3, -0.25) is 9.69 Å². The number of aryl methyl sites for hydroxylation is 1. The highest BCUT2D eigenvalue weighted by molar-refractivity contribution is 6.34. The van der Waals surface area contributed by atoms with E-state index < -0.39 is 0 Å². The van der Waals surface area contributed by atoms with Crippen molar-refractivity contribution >= 4 is 48.0 Å². The lowest BCUT2D eigenvalue weighted by molar-refractivity contribution is -0.117. The van der Waals surface area contributed by atoms with Crippen LogP contribution in [0.2, 0.25) is 5.02 Å². The van der Waals surface area contributed by atoms with E-state index in [1.807, 2.05) is 32.2 Å². The van der Waals surface area contributed by atoms with E-state index in [2.05, 4.69) is 15.1 Å². The van der Waals surface area contributed by atoms with Crippen LogP contribution in [0.1, 0.15) is 18.4 Å². The molecule has 0 bridgehead atoms. The monoisotopic (exact) mass is 381 g/mol. The second-order valence-electron chi connectivity index (χ2n) is 5.77. The lowest BCUT2D eigenvalue weighted by atomic mass is 10.2. The van der Waals surface area contributed by atoms with Crippen molar-refractivity contribution in [1.82, 2.24) is 9.80 Å². The molecule has 1 fully saturated rings. The Morgan fingerprint density at radius 3 is 2.61 bits per heavy atom. The van der Waals surface area contributed by atoms with Gasteiger partial charge in [0.1, 0.15) is 0 Å². The number of hydrogen-bond acceptors (Lipinski definition) is 3. The molecule has 1 amide bonds. The van der Waals surface area contributed by atoms with E-state index in [-0.39, 0.29) is 30.7 Å². The smallest absolute Gasteiger partial charge is 0.238 e. The summed E-state index contributed by atoms with van der Waals surface area (Å²) >= 11 is 6.19. The average molecular weight is 383 g/mol. The van der Waals surface area contributed by atoms with Crippen molar-refractivity contribution < 1.29 is 4.79 Å². The molecule has 0 unspecified atom stereocenters. The van der Waals surface area contributed by atoms with Crippen molar-refractivity contribution in [3.63, 3.8) is 0 Å². The van der Waals surface area contributed by atoms with Crippen LogP contribution in [-0.2, 0) is 4.79 Å². The maximum atomic E-state index is 12.1. The number of carbonyl (C=O) groups excluding carboxylic acids is 1. The summed E-state index contributed by atoms with van der Waals surface area (Å²) in [7, 11) is 1.98. The van der Waals surface area contributed by atoms with Gasteiger partial charge in [-0.1, -0.05) is 23.7 Å². The van der Waals surface area contributed by atoms with Gasteiger partial charge < -0.3 is 10.2 Å². The van der Waals surface area contributed by atoms with Crippen LogP contribution in [0.25, 0.3) is 0 Å². The SMILES string of the molecule is Cc1cccc(NC(=O)CN(C)CCN2CCCC2)c1Cl.Cl.Cl. The highest BCUT2D eigenvalue weighted by atomic mass is 35.5. The first-order chi connectivity index (χ1) is 10.1. The van der Waals surface area contributed by atoms with Gasteiger partial charge in [-0.15, -0.1) is 24.8 Å². The molecule has 0 aromatic heterocycles. The van der Waals surface area contributed by atoms with E-state index in [0.717, 1.165) is 18.7 Å². The number of halogens is 3. The molecule has 0 aliphatic carbocycles. The minimum absolute atomic E-state index is 0. The Morgan fingerprint density at radius 2 is 1.96 bits per heavy atom. The van der Waals surface area contributed by atoms with Crippen LogP contribution in [-0.4, -0.2) is 55.5 Å². The van der Waals surface area contributed by atoms with Gasteiger partial charge in [0.15, 0.2) is 0 Å². The molecule has 1 heterocycles. The highest BCUT2D eigenvalue weighted by Crippen LogP contribution is 2.24. The summed E-state index contributed by atoms with van der Waals surface area (Å²) in [6.07, 6.45) is 2.60. The van der Waals surface area contributed by atoms with Gasteiger partial charge in [0.2, 0.25) is 5.91 Å². The Hall–Kier alpha value is -0.520. The molecule has 23 heavy (non-hydrogen) atoms. The third-order valence-electron chi connectivity index (χ3n) is 3.88. The van der Waals surface area contributed by atoms with Crippen LogP contribution in [0, 0.1) is 6.92 Å². The first kappa shape index (κ1) is 22.5. The Morgan fingerprint density at radius 1 is 1.30 bits per heavy atom. The molecule has 1 saturated heterocycles. The summed E-state index contributed by atoms with van der Waals surface area (Å²) < 4.78 is 0. The maximum Gasteiger partial charge on any atom is 0.238 e. The number of likely N-dealkylation sites (tertiary alicyclic amines) is 1. The zero-order valence-corrected chi connectivity index (χ0v) is 16.1. The molecular formula is C16H26Cl3N3O. The fraction of sp³-hybridized carbons (Fsp3) is 0.562. The summed E-state index contributed by atoms with van der Waals surface area (Å²) in [6, 6.07) is 5.66. The molecule has 1 aromatic carbocycles. The molecule has 2 rings (SSSR count). The summed E-state index contributed by atoms with van der Waals surface area (Å²) in [5.41, 5.74) is 1.66. The van der Waals surface area contributed by atoms with Crippen LogP contribution < -0.4 is 5.32 Å². The predicted molar refractivity (Wildman–Crippen MR) is 102 cm³/mol. The summed E-state index contributed by atoms with van der Waals surface area (Å²) in [6.45, 7) is 6.65. The van der Waals surface area contributed by atoms with Crippen LogP contribution in [0.4, 0.5) is 5.69 Å². The van der Waals surface area contributed by atoms with Gasteiger partial charge in [-0.05, 0) is 51.5 Å². The van der Waals surface area contributed by atoms with Gasteiger partial charge in [0.05, 0.1) is 17.3 Å². The number of nitrogens with one attached hydrogen (secondary N) is 1. The van der Waals surface area contributed by atoms with Gasteiger partial charge in [0, 0.05) is 13.1 Å². The van der Waals surface area contributed by atoms with Crippen molar-refractivity contribution in [2.75, 3.05) is 45.1 Å². The standard InChI is InChI=1S/C16H24ClN3O.2ClH/c1-13-6-5-7-14(16(13)17)18-15(21)12-19(2)10-11-20-8-3-4-9-20;;/h5-7H,3-4,8-12H2,1-2H3,(H,18,21);2*1H. The number of amides is 1. The second kappa shape index (κ2) is 11.1. The number of benzene rings is 1. The van der Waals surface area contributed by atoms with E-state index in [9.17, 15) is 4.79 Å². The van der Waals surface area contributed by atoms with E-state index in [4.69, 9.17) is 11.6 Å². The summed E-state index contributed by atoms with van der Waals surface area (Å²) in [5.74, 6) is -0.0218. The van der Waals surface area contributed by atoms with Crippen molar-refractivity contribution in [3.8, 4) is 0 Å². The molecule has 1 N–H and O–H groups in total. The lowest BCUT2D eigenvalue weighted by Crippen LogP contribution is -2.36. The van der Waals surface area contributed by atoms with Gasteiger partial charge >= 0.3 is 0 Å². The van der Waals surface area contributed by atoms with Crippen LogP contribution in [0.5, 0.6) is 0 Å². The molecular weight excluding hydrogens is 357 g/mol. The molecule has 0 atom stereocenters. The molecule has 4 nitrogen and oxygen atoms in total. The molecule has 0 spiro atoms. The Bertz CT molecular complexity index is 493. The molecule has 132 valence electrons. The molecule has 1 aromatic rings. The number of anilines is 1. The minimum atomic E-state index is -0.0218. The molecule has 1 aliphatic heterocycles. The fourth-order valence-electron chi connectivity index (χ4n) is 2.58. The van der Waals surface area contributed by atoms with E-state index in [1.54, 1.807) is 0 Å². The maximum absolute atomic E-state index is 12.1. The van der Waals surface area contributed by atoms with Gasteiger partial charge in [-0.25, -0.2) is 0 Å². The first-order valence-corrected chi connectivity index (χ1v) is 7.90. The topological polar surface area (TPSA) is 35.6 Å². The highest BCUT2D eigenvalue weighted by Gasteiger charge is 2.13. The number of likely N-dealkylation sites (N-methyl/N-ethyl adjacent to an activating group) is 1. The van der Waals surface area contributed by atoms with Crippen molar-refractivity contribution in [2.24, 2.45) is 0 Å². The predicted octanol–water partition coefficient (Wildman–Crippen LogP) is 3.46. The molecule has 0 saturated carbocycles. The van der Waals surface area contributed by atoms with Crippen LogP contribution in [0.3, 0.4) is 0 Å². The molecule has 0 radical (unpaired) electrons. The molecule has 1 aliphatic rings. The third-order valence-corrected chi connectivity index (χ3v) is 4.38. The average Bonchev–Trinajstić information content (AvgIpc) is 2.95. The largest absolute Gasteiger partial charge is 0.324 e. The summed E-state index contributed by atoms with van der Waals surface area (Å²) in [4.78, 5) is 16.6. The van der Waals surface area contributed by atoms with Crippen LogP contribution in [0.15, 0.2) is 18.2 Å². The number of carbonyl (C=O) groups is 1. The van der Waals surface area contributed by atoms with Crippen molar-refractivity contribution in [1.29, 1.82) is 0 Å². The Balaban J connectivity index is 0.00000242. The lowest BCUT2D eigenvalue weighted by Gasteiger charge is -2.21. The van der Waals surface area contributed by atoms with E-state index in [1.165, 1.54) is 25.9 Å². The van der Waals surface area contributed by atoms with Crippen molar-refractivity contribution in [3.05, 3.63) is 28.8 Å². The van der Waals surface area contributed by atoms with Gasteiger partial charge in [0.25, 0.3) is 0 Å². The number of nitrogens with zero attached hydrogens (tertiary/aromatic N) is 2. The van der Waals surface area contributed by atoms with E-state index in [0.29, 0.717) is 17.3 Å². The van der Waals surface area contributed by atoms with E-state index >= 15 is 0 Å². The quantitative estimate of drug-likeness (QED) is 0.818. The zero-order valence-electron chi connectivity index (χ0n) is 13.7. The van der Waals surface area contributed by atoms with Gasteiger partial charge in [-0.2, -0.15) is 0 Å². The summed E-state index contributed by atoms with van der Waals surface area (Å²) in [5, 5.41) is 3.50. The number of hydrogen-bond donors (Lipinski definition) is 1. The zero-order chi connectivity index (χ0) is 15.2. The van der Waals surface area contributed by atoms with Crippen LogP contribution >= 0.6 is 36.4 Å². The second-order valence-corrected chi connectivity index (χ2v) is 6.15.